The van der Waals surface area contributed by atoms with E-state index in [9.17, 15) is 13.2 Å². The van der Waals surface area contributed by atoms with Crippen LogP contribution >= 0.6 is 0 Å². The number of amides is 1. The van der Waals surface area contributed by atoms with Crippen LogP contribution in [0.4, 0.5) is 4.79 Å². The van der Waals surface area contributed by atoms with Crippen LogP contribution in [0.5, 0.6) is 0 Å². The summed E-state index contributed by atoms with van der Waals surface area (Å²) in [5.74, 6) is 0.472. The maximum absolute atomic E-state index is 13.0. The number of epoxide rings is 2. The van der Waals surface area contributed by atoms with E-state index in [-0.39, 0.29) is 41.5 Å². The fourth-order valence-electron chi connectivity index (χ4n) is 6.83. The molecule has 0 aromatic heterocycles. The van der Waals surface area contributed by atoms with E-state index in [1.165, 1.54) is 11.8 Å². The molecule has 4 heterocycles. The molecule has 5 aliphatic rings. The molecule has 4 saturated heterocycles. The van der Waals surface area contributed by atoms with Crippen molar-refractivity contribution in [2.75, 3.05) is 65.8 Å². The summed E-state index contributed by atoms with van der Waals surface area (Å²) < 4.78 is 49.3. The molecule has 5 fully saturated rings. The second-order valence-corrected chi connectivity index (χ2v) is 14.3. The largest absolute Gasteiger partial charge is 0.443 e. The van der Waals surface area contributed by atoms with Crippen LogP contribution in [0.25, 0.3) is 0 Å². The zero-order valence-corrected chi connectivity index (χ0v) is 24.4. The van der Waals surface area contributed by atoms with E-state index in [1.54, 1.807) is 16.3 Å². The first-order valence-corrected chi connectivity index (χ1v) is 15.9. The smallest absolute Gasteiger partial charge is 0.410 e. The van der Waals surface area contributed by atoms with Gasteiger partial charge < -0.3 is 28.7 Å². The number of hydrogen-bond acceptors (Lipinski definition) is 8. The van der Waals surface area contributed by atoms with Crippen LogP contribution in [0, 0.1) is 11.8 Å². The van der Waals surface area contributed by atoms with Crippen molar-refractivity contribution < 1.29 is 32.2 Å². The molecule has 1 saturated carbocycles. The number of hydrogen-bond donors (Lipinski definition) is 0. The number of methoxy groups -OCH3 is 1. The van der Waals surface area contributed by atoms with Crippen molar-refractivity contribution in [2.24, 2.45) is 11.8 Å². The van der Waals surface area contributed by atoms with Crippen molar-refractivity contribution in [1.29, 1.82) is 0 Å². The molecule has 38 heavy (non-hydrogen) atoms. The summed E-state index contributed by atoms with van der Waals surface area (Å²) in [7, 11) is -1.41. The highest BCUT2D eigenvalue weighted by Gasteiger charge is 2.72. The Morgan fingerprint density at radius 1 is 1.16 bits per heavy atom. The normalized spacial score (nSPS) is 38.1. The zero-order chi connectivity index (χ0) is 27.3. The Hall–Kier alpha value is -1.24. The second kappa shape index (κ2) is 10.6. The number of carbonyl (C=O) groups excluding carboxylic acids is 1. The van der Waals surface area contributed by atoms with Gasteiger partial charge in [0, 0.05) is 46.4 Å². The van der Waals surface area contributed by atoms with Gasteiger partial charge in [0.15, 0.2) is 0 Å². The Labute approximate surface area is 227 Å². The molecule has 5 rings (SSSR count). The molecule has 0 radical (unpaired) electrons. The van der Waals surface area contributed by atoms with Gasteiger partial charge in [-0.2, -0.15) is 4.31 Å². The monoisotopic (exact) mass is 555 g/mol. The number of carbonyl (C=O) groups is 1. The molecule has 11 heteroatoms. The first-order chi connectivity index (χ1) is 17.9. The summed E-state index contributed by atoms with van der Waals surface area (Å²) >= 11 is 0. The molecule has 6 atom stereocenters. The van der Waals surface area contributed by atoms with E-state index in [2.05, 4.69) is 31.7 Å². The molecule has 1 amide bonds. The summed E-state index contributed by atoms with van der Waals surface area (Å²) in [5, 5.41) is 0. The Balaban J connectivity index is 1.09. The maximum Gasteiger partial charge on any atom is 0.410 e. The Kier molecular flexibility index (Phi) is 7.91. The number of nitrogens with zero attached hydrogens (tertiary/aromatic N) is 3. The van der Waals surface area contributed by atoms with Crippen molar-refractivity contribution in [3.8, 4) is 0 Å². The lowest BCUT2D eigenvalue weighted by molar-refractivity contribution is -0.124. The quantitative estimate of drug-likeness (QED) is 0.315. The molecule has 1 aliphatic carbocycles. The summed E-state index contributed by atoms with van der Waals surface area (Å²) in [5.41, 5.74) is 0.705. The third-order valence-corrected chi connectivity index (χ3v) is 10.7. The summed E-state index contributed by atoms with van der Waals surface area (Å²) in [4.78, 5) is 17.1. The third kappa shape index (κ3) is 5.78. The Morgan fingerprint density at radius 3 is 2.42 bits per heavy atom. The third-order valence-electron chi connectivity index (χ3n) is 9.36. The zero-order valence-electron chi connectivity index (χ0n) is 23.6. The molecule has 0 N–H and O–H groups in total. The average Bonchev–Trinajstić information content (AvgIpc) is 3.74. The Morgan fingerprint density at radius 2 is 1.84 bits per heavy atom. The van der Waals surface area contributed by atoms with Gasteiger partial charge in [-0.05, 0) is 58.9 Å². The van der Waals surface area contributed by atoms with Crippen molar-refractivity contribution in [3.05, 3.63) is 11.6 Å². The maximum atomic E-state index is 13.0. The highest BCUT2D eigenvalue weighted by atomic mass is 32.2. The van der Waals surface area contributed by atoms with E-state index in [1.807, 2.05) is 0 Å². The highest BCUT2D eigenvalue weighted by Crippen LogP contribution is 2.59. The molecule has 0 aromatic rings. The van der Waals surface area contributed by atoms with Gasteiger partial charge in [-0.25, -0.2) is 13.2 Å². The predicted octanol–water partition coefficient (Wildman–Crippen LogP) is 2.10. The van der Waals surface area contributed by atoms with Crippen molar-refractivity contribution in [1.82, 2.24) is 14.1 Å². The van der Waals surface area contributed by atoms with Crippen LogP contribution < -0.4 is 0 Å². The van der Waals surface area contributed by atoms with Crippen LogP contribution in [0.1, 0.15) is 46.5 Å². The van der Waals surface area contributed by atoms with Crippen molar-refractivity contribution in [2.45, 2.75) is 76.0 Å². The summed E-state index contributed by atoms with van der Waals surface area (Å²) in [6.45, 7) is 12.0. The summed E-state index contributed by atoms with van der Waals surface area (Å²) in [6.07, 6.45) is 6.21. The van der Waals surface area contributed by atoms with Gasteiger partial charge in [-0.15, -0.1) is 0 Å². The minimum Gasteiger partial charge on any atom is -0.443 e. The lowest BCUT2D eigenvalue weighted by atomic mass is 9.68. The molecule has 0 bridgehead atoms. The topological polar surface area (TPSA) is 104 Å². The first-order valence-electron chi connectivity index (χ1n) is 14.1. The second-order valence-electron chi connectivity index (χ2n) is 12.4. The molecular weight excluding hydrogens is 510 g/mol. The first kappa shape index (κ1) is 28.3. The van der Waals surface area contributed by atoms with Gasteiger partial charge >= 0.3 is 6.09 Å². The highest BCUT2D eigenvalue weighted by molar-refractivity contribution is 7.88. The predicted molar refractivity (Wildman–Crippen MR) is 142 cm³/mol. The number of rotatable bonds is 9. The minimum absolute atomic E-state index is 0.0226. The molecule has 4 unspecified atom stereocenters. The van der Waals surface area contributed by atoms with E-state index >= 15 is 0 Å². The molecular formula is C27H45N3O7S. The van der Waals surface area contributed by atoms with Gasteiger partial charge in [-0.1, -0.05) is 11.6 Å². The van der Waals surface area contributed by atoms with Crippen LogP contribution in [0.3, 0.4) is 0 Å². The molecule has 1 spiro atoms. The number of piperazine rings is 1. The van der Waals surface area contributed by atoms with Gasteiger partial charge in [-0.3, -0.25) is 0 Å². The number of ether oxygens (including phenoxy) is 4. The molecule has 216 valence electrons. The van der Waals surface area contributed by atoms with Crippen molar-refractivity contribution in [3.63, 3.8) is 0 Å². The minimum atomic E-state index is -3.11. The van der Waals surface area contributed by atoms with Gasteiger partial charge in [0.1, 0.15) is 23.4 Å². The van der Waals surface area contributed by atoms with Crippen LogP contribution in [0.2, 0.25) is 0 Å². The van der Waals surface area contributed by atoms with Crippen molar-refractivity contribution >= 4 is 16.1 Å². The van der Waals surface area contributed by atoms with E-state index in [4.69, 9.17) is 18.9 Å². The lowest BCUT2D eigenvalue weighted by Crippen LogP contribution is -2.58. The standard InChI is InChI=1S/C27H45N3O7S/c1-19(2)6-7-22-26(3,37-22)24-23(34-4)21(8-10-27(24)18-35-27)36-25(31)29-16-20(17-29)9-11-28-12-14-30(15-13-28)38(5,32)33/h6,20-24H,7-18H2,1-5H3/t21?,22-,23?,24?,26+,27?/m1/s1. The fourth-order valence-corrected chi connectivity index (χ4v) is 7.65. The number of sulfonamides is 1. The van der Waals surface area contributed by atoms with Gasteiger partial charge in [0.25, 0.3) is 0 Å². The van der Waals surface area contributed by atoms with Crippen LogP contribution in [0.15, 0.2) is 11.6 Å². The lowest BCUT2D eigenvalue weighted by Gasteiger charge is -2.45. The number of allylic oxidation sites excluding steroid dienone is 1. The summed E-state index contributed by atoms with van der Waals surface area (Å²) in [6, 6.07) is 0. The van der Waals surface area contributed by atoms with Crippen LogP contribution in [-0.4, -0.2) is 124 Å². The molecule has 4 aliphatic heterocycles. The average molecular weight is 556 g/mol. The molecule has 0 aromatic carbocycles. The SMILES string of the molecule is COC1C(OC(=O)N2CC(CCN3CCN(S(C)(=O)=O)CC3)C2)CCC2(CO2)C1[C@@]1(C)O[C@@H]1CC=C(C)C. The van der Waals surface area contributed by atoms with Gasteiger partial charge in [0.05, 0.1) is 24.9 Å². The van der Waals surface area contributed by atoms with Gasteiger partial charge in [0.2, 0.25) is 10.0 Å². The van der Waals surface area contributed by atoms with E-state index in [0.29, 0.717) is 38.7 Å². The van der Waals surface area contributed by atoms with E-state index < -0.39 is 10.0 Å². The fraction of sp³-hybridized carbons (Fsp3) is 0.889. The van der Waals surface area contributed by atoms with Crippen LogP contribution in [-0.2, 0) is 29.0 Å². The number of likely N-dealkylation sites (tertiary alicyclic amines) is 1. The molecule has 10 nitrogen and oxygen atoms in total. The van der Waals surface area contributed by atoms with E-state index in [0.717, 1.165) is 45.3 Å². The Bertz CT molecular complexity index is 1010.